The molecule has 0 radical (unpaired) electrons. The highest BCUT2D eigenvalue weighted by atomic mass is 16.1. The van der Waals surface area contributed by atoms with Crippen LogP contribution in [0.4, 0.5) is 0 Å². The van der Waals surface area contributed by atoms with Crippen LogP contribution in [-0.4, -0.2) is 18.5 Å². The lowest BCUT2D eigenvalue weighted by molar-refractivity contribution is -0.122. The van der Waals surface area contributed by atoms with Gasteiger partial charge < -0.3 is 11.1 Å². The molecule has 1 amide bonds. The smallest absolute Gasteiger partial charge is 0.220 e. The molecular formula is C13H24N2O. The predicted octanol–water partition coefficient (Wildman–Crippen LogP) is 1.81. The average Bonchev–Trinajstić information content (AvgIpc) is 3.05. The van der Waals surface area contributed by atoms with Crippen LogP contribution in [0.1, 0.15) is 51.4 Å². The van der Waals surface area contributed by atoms with Gasteiger partial charge in [0.25, 0.3) is 0 Å². The predicted molar refractivity (Wildman–Crippen MR) is 64.9 cm³/mol. The molecule has 16 heavy (non-hydrogen) atoms. The number of rotatable bonds is 5. The Morgan fingerprint density at radius 2 is 1.69 bits per heavy atom. The van der Waals surface area contributed by atoms with Gasteiger partial charge in [-0.05, 0) is 63.3 Å². The van der Waals surface area contributed by atoms with Crippen molar-refractivity contribution < 1.29 is 4.79 Å². The maximum atomic E-state index is 11.6. The van der Waals surface area contributed by atoms with Gasteiger partial charge in [0.2, 0.25) is 5.91 Å². The zero-order valence-corrected chi connectivity index (χ0v) is 10.1. The summed E-state index contributed by atoms with van der Waals surface area (Å²) in [5.41, 5.74) is 5.57. The monoisotopic (exact) mass is 224 g/mol. The lowest BCUT2D eigenvalue weighted by atomic mass is 9.84. The molecule has 2 rings (SSSR count). The van der Waals surface area contributed by atoms with E-state index in [-0.39, 0.29) is 5.91 Å². The van der Waals surface area contributed by atoms with Gasteiger partial charge in [-0.1, -0.05) is 0 Å². The molecular weight excluding hydrogens is 200 g/mol. The van der Waals surface area contributed by atoms with Crippen LogP contribution in [0.2, 0.25) is 0 Å². The number of carbonyl (C=O) groups is 1. The number of nitrogens with one attached hydrogen (secondary N) is 1. The van der Waals surface area contributed by atoms with Crippen molar-refractivity contribution in [2.45, 2.75) is 57.4 Å². The van der Waals surface area contributed by atoms with Crippen LogP contribution < -0.4 is 11.1 Å². The highest BCUT2D eigenvalue weighted by Gasteiger charge is 2.26. The Morgan fingerprint density at radius 3 is 2.25 bits per heavy atom. The molecule has 2 aliphatic rings. The van der Waals surface area contributed by atoms with Gasteiger partial charge >= 0.3 is 0 Å². The Hall–Kier alpha value is -0.570. The van der Waals surface area contributed by atoms with Crippen LogP contribution in [0.15, 0.2) is 0 Å². The molecule has 0 atom stereocenters. The summed E-state index contributed by atoms with van der Waals surface area (Å²) in [6.45, 7) is 0.809. The van der Waals surface area contributed by atoms with Gasteiger partial charge in [0.1, 0.15) is 0 Å². The van der Waals surface area contributed by atoms with E-state index in [0.717, 1.165) is 38.1 Å². The van der Waals surface area contributed by atoms with Crippen LogP contribution in [0.5, 0.6) is 0 Å². The van der Waals surface area contributed by atoms with Gasteiger partial charge in [0, 0.05) is 12.5 Å². The molecule has 2 aliphatic carbocycles. The molecule has 0 aliphatic heterocycles. The molecule has 92 valence electrons. The summed E-state index contributed by atoms with van der Waals surface area (Å²) in [6, 6.07) is 0.445. The third-order valence-corrected chi connectivity index (χ3v) is 3.96. The van der Waals surface area contributed by atoms with E-state index in [1.165, 1.54) is 25.7 Å². The fourth-order valence-electron chi connectivity index (χ4n) is 2.70. The second-order valence-electron chi connectivity index (χ2n) is 5.51. The quantitative estimate of drug-likeness (QED) is 0.748. The summed E-state index contributed by atoms with van der Waals surface area (Å²) in [7, 11) is 0. The molecule has 0 aromatic heterocycles. The van der Waals surface area contributed by atoms with E-state index >= 15 is 0 Å². The number of hydrogen-bond acceptors (Lipinski definition) is 2. The first-order chi connectivity index (χ1) is 7.78. The molecule has 0 saturated heterocycles. The molecule has 0 spiro atoms. The summed E-state index contributed by atoms with van der Waals surface area (Å²) >= 11 is 0. The topological polar surface area (TPSA) is 55.1 Å². The van der Waals surface area contributed by atoms with Gasteiger partial charge in [-0.15, -0.1) is 0 Å². The van der Waals surface area contributed by atoms with Crippen LogP contribution in [0.25, 0.3) is 0 Å². The molecule has 0 unspecified atom stereocenters. The van der Waals surface area contributed by atoms with Gasteiger partial charge in [0.05, 0.1) is 0 Å². The maximum Gasteiger partial charge on any atom is 0.220 e. The van der Waals surface area contributed by atoms with Crippen molar-refractivity contribution in [1.29, 1.82) is 0 Å². The van der Waals surface area contributed by atoms with Gasteiger partial charge in [0.15, 0.2) is 0 Å². The van der Waals surface area contributed by atoms with E-state index in [9.17, 15) is 4.79 Å². The average molecular weight is 224 g/mol. The minimum atomic E-state index is 0.282. The maximum absolute atomic E-state index is 11.6. The molecule has 0 bridgehead atoms. The van der Waals surface area contributed by atoms with Crippen LogP contribution in [-0.2, 0) is 4.79 Å². The van der Waals surface area contributed by atoms with Crippen molar-refractivity contribution in [2.75, 3.05) is 6.54 Å². The zero-order valence-electron chi connectivity index (χ0n) is 10.1. The Kier molecular flexibility index (Phi) is 4.22. The van der Waals surface area contributed by atoms with E-state index in [0.29, 0.717) is 12.0 Å². The van der Waals surface area contributed by atoms with Gasteiger partial charge in [-0.2, -0.15) is 0 Å². The third-order valence-electron chi connectivity index (χ3n) is 3.96. The largest absolute Gasteiger partial charge is 0.353 e. The Bertz CT molecular complexity index is 230. The fourth-order valence-corrected chi connectivity index (χ4v) is 2.70. The van der Waals surface area contributed by atoms with Crippen molar-refractivity contribution >= 4 is 5.91 Å². The lowest BCUT2D eigenvalue weighted by Gasteiger charge is -2.28. The first-order valence-electron chi connectivity index (χ1n) is 6.77. The number of nitrogens with two attached hydrogens (primary N) is 1. The number of carbonyl (C=O) groups excluding carboxylic acids is 1. The fraction of sp³-hybridized carbons (Fsp3) is 0.923. The minimum Gasteiger partial charge on any atom is -0.353 e. The Labute approximate surface area is 98.2 Å². The Morgan fingerprint density at radius 1 is 1.06 bits per heavy atom. The van der Waals surface area contributed by atoms with Crippen molar-refractivity contribution in [2.24, 2.45) is 17.6 Å². The van der Waals surface area contributed by atoms with E-state index in [1.807, 2.05) is 0 Å². The van der Waals surface area contributed by atoms with E-state index < -0.39 is 0 Å². The highest BCUT2D eigenvalue weighted by Crippen LogP contribution is 2.32. The van der Waals surface area contributed by atoms with Crippen molar-refractivity contribution in [3.8, 4) is 0 Å². The van der Waals surface area contributed by atoms with E-state index in [2.05, 4.69) is 5.32 Å². The second kappa shape index (κ2) is 5.67. The summed E-state index contributed by atoms with van der Waals surface area (Å²) < 4.78 is 0. The first kappa shape index (κ1) is 11.9. The van der Waals surface area contributed by atoms with Crippen LogP contribution >= 0.6 is 0 Å². The third kappa shape index (κ3) is 3.78. The molecule has 0 aromatic rings. The van der Waals surface area contributed by atoms with Crippen molar-refractivity contribution in [1.82, 2.24) is 5.32 Å². The first-order valence-corrected chi connectivity index (χ1v) is 6.77. The Balaban J connectivity index is 1.62. The summed E-state index contributed by atoms with van der Waals surface area (Å²) in [5.74, 6) is 1.79. The molecule has 0 heterocycles. The molecule has 3 N–H and O–H groups in total. The zero-order chi connectivity index (χ0) is 11.4. The van der Waals surface area contributed by atoms with Crippen molar-refractivity contribution in [3.05, 3.63) is 0 Å². The number of amides is 1. The standard InChI is InChI=1S/C13H24N2O/c14-8-7-10-3-5-12(6-4-10)15-13(16)9-11-1-2-11/h10-12H,1-9,14H2,(H,15,16). The highest BCUT2D eigenvalue weighted by molar-refractivity contribution is 5.76. The molecule has 2 fully saturated rings. The normalized spacial score (nSPS) is 30.1. The van der Waals surface area contributed by atoms with Crippen molar-refractivity contribution in [3.63, 3.8) is 0 Å². The summed E-state index contributed by atoms with van der Waals surface area (Å²) in [4.78, 5) is 11.6. The molecule has 3 nitrogen and oxygen atoms in total. The SMILES string of the molecule is NCCC1CCC(NC(=O)CC2CC2)CC1. The minimum absolute atomic E-state index is 0.282. The van der Waals surface area contributed by atoms with Gasteiger partial charge in [-0.25, -0.2) is 0 Å². The molecule has 0 aromatic carbocycles. The van der Waals surface area contributed by atoms with E-state index in [4.69, 9.17) is 5.73 Å². The van der Waals surface area contributed by atoms with E-state index in [1.54, 1.807) is 0 Å². The van der Waals surface area contributed by atoms with Gasteiger partial charge in [-0.3, -0.25) is 4.79 Å². The lowest BCUT2D eigenvalue weighted by Crippen LogP contribution is -2.37. The summed E-state index contributed by atoms with van der Waals surface area (Å²) in [6.07, 6.45) is 9.23. The summed E-state index contributed by atoms with van der Waals surface area (Å²) in [5, 5.41) is 3.18. The number of hydrogen-bond donors (Lipinski definition) is 2. The second-order valence-corrected chi connectivity index (χ2v) is 5.51. The molecule has 3 heteroatoms. The van der Waals surface area contributed by atoms with Crippen LogP contribution in [0.3, 0.4) is 0 Å². The van der Waals surface area contributed by atoms with Crippen LogP contribution in [0, 0.1) is 11.8 Å². The molecule has 2 saturated carbocycles.